The van der Waals surface area contributed by atoms with Crippen molar-refractivity contribution in [1.29, 1.82) is 0 Å². The van der Waals surface area contributed by atoms with E-state index in [1.54, 1.807) is 0 Å². The van der Waals surface area contributed by atoms with Gasteiger partial charge < -0.3 is 10.6 Å². The lowest BCUT2D eigenvalue weighted by Crippen LogP contribution is -2.24. The normalized spacial score (nSPS) is 20.3. The fourth-order valence-corrected chi connectivity index (χ4v) is 3.16. The first-order chi connectivity index (χ1) is 9.33. The van der Waals surface area contributed by atoms with Crippen molar-refractivity contribution in [2.24, 2.45) is 11.7 Å². The van der Waals surface area contributed by atoms with Crippen molar-refractivity contribution < 1.29 is 0 Å². The third kappa shape index (κ3) is 4.24. The molecule has 1 heterocycles. The molecule has 1 aliphatic rings. The fourth-order valence-electron chi connectivity index (χ4n) is 3.16. The van der Waals surface area contributed by atoms with Crippen LogP contribution < -0.4 is 10.6 Å². The van der Waals surface area contributed by atoms with E-state index in [0.717, 1.165) is 18.9 Å². The summed E-state index contributed by atoms with van der Waals surface area (Å²) in [5.74, 6) is 0.950. The molecule has 0 saturated carbocycles. The average molecular weight is 260 g/mol. The van der Waals surface area contributed by atoms with Crippen LogP contribution in [0.5, 0.6) is 0 Å². The van der Waals surface area contributed by atoms with Crippen LogP contribution in [0.3, 0.4) is 0 Å². The highest BCUT2D eigenvalue weighted by atomic mass is 15.1. The van der Waals surface area contributed by atoms with E-state index in [1.165, 1.54) is 56.4 Å². The van der Waals surface area contributed by atoms with E-state index in [9.17, 15) is 0 Å². The summed E-state index contributed by atoms with van der Waals surface area (Å²) in [5.41, 5.74) is 8.33. The van der Waals surface area contributed by atoms with Crippen molar-refractivity contribution in [3.05, 3.63) is 29.8 Å². The molecule has 2 heteroatoms. The standard InChI is InChI=1S/C17H28N2/c1-2-4-15-5-3-13-19(14-11-15)17-8-6-16(7-9-17)10-12-18/h6-9,15H,2-5,10-14,18H2,1H3. The summed E-state index contributed by atoms with van der Waals surface area (Å²) in [4.78, 5) is 2.56. The molecule has 1 unspecified atom stereocenters. The van der Waals surface area contributed by atoms with E-state index in [2.05, 4.69) is 36.1 Å². The Balaban J connectivity index is 1.93. The smallest absolute Gasteiger partial charge is 0.0366 e. The minimum absolute atomic E-state index is 0.738. The average Bonchev–Trinajstić information content (AvgIpc) is 2.66. The monoisotopic (exact) mass is 260 g/mol. The minimum atomic E-state index is 0.738. The van der Waals surface area contributed by atoms with Gasteiger partial charge in [-0.25, -0.2) is 0 Å². The Kier molecular flexibility index (Phi) is 5.71. The van der Waals surface area contributed by atoms with Crippen LogP contribution in [0.15, 0.2) is 24.3 Å². The highest BCUT2D eigenvalue weighted by Gasteiger charge is 2.16. The molecule has 1 atom stereocenters. The van der Waals surface area contributed by atoms with Gasteiger partial charge in [-0.1, -0.05) is 31.9 Å². The maximum Gasteiger partial charge on any atom is 0.0366 e. The van der Waals surface area contributed by atoms with Crippen LogP contribution >= 0.6 is 0 Å². The number of nitrogens with zero attached hydrogens (tertiary/aromatic N) is 1. The third-order valence-electron chi connectivity index (χ3n) is 4.28. The molecular weight excluding hydrogens is 232 g/mol. The lowest BCUT2D eigenvalue weighted by molar-refractivity contribution is 0.435. The van der Waals surface area contributed by atoms with Gasteiger partial charge in [0.1, 0.15) is 0 Å². The quantitative estimate of drug-likeness (QED) is 0.876. The third-order valence-corrected chi connectivity index (χ3v) is 4.28. The number of hydrogen-bond acceptors (Lipinski definition) is 2. The van der Waals surface area contributed by atoms with E-state index in [4.69, 9.17) is 5.73 Å². The Morgan fingerprint density at radius 3 is 2.63 bits per heavy atom. The summed E-state index contributed by atoms with van der Waals surface area (Å²) in [6, 6.07) is 9.00. The van der Waals surface area contributed by atoms with Crippen molar-refractivity contribution in [3.63, 3.8) is 0 Å². The molecule has 2 nitrogen and oxygen atoms in total. The van der Waals surface area contributed by atoms with Crippen LogP contribution in [0.2, 0.25) is 0 Å². The van der Waals surface area contributed by atoms with E-state index in [0.29, 0.717) is 0 Å². The zero-order chi connectivity index (χ0) is 13.5. The number of benzene rings is 1. The number of rotatable bonds is 5. The van der Waals surface area contributed by atoms with Crippen LogP contribution in [-0.4, -0.2) is 19.6 Å². The van der Waals surface area contributed by atoms with Gasteiger partial charge in [0.25, 0.3) is 0 Å². The second kappa shape index (κ2) is 7.54. The Labute approximate surface area is 118 Å². The van der Waals surface area contributed by atoms with Crippen molar-refractivity contribution in [2.45, 2.75) is 45.4 Å². The highest BCUT2D eigenvalue weighted by Crippen LogP contribution is 2.25. The molecule has 106 valence electrons. The SMILES string of the molecule is CCCC1CCCN(c2ccc(CCN)cc2)CC1. The van der Waals surface area contributed by atoms with Gasteiger partial charge in [0.15, 0.2) is 0 Å². The minimum Gasteiger partial charge on any atom is -0.372 e. The first-order valence-electron chi connectivity index (χ1n) is 7.87. The Morgan fingerprint density at radius 2 is 1.95 bits per heavy atom. The van der Waals surface area contributed by atoms with Crippen LogP contribution in [0.4, 0.5) is 5.69 Å². The molecule has 0 bridgehead atoms. The molecule has 2 rings (SSSR count). The second-order valence-corrected chi connectivity index (χ2v) is 5.78. The molecule has 0 spiro atoms. The van der Waals surface area contributed by atoms with E-state index >= 15 is 0 Å². The van der Waals surface area contributed by atoms with Gasteiger partial charge in [-0.15, -0.1) is 0 Å². The molecular formula is C17H28N2. The lowest BCUT2D eigenvalue weighted by atomic mass is 9.96. The number of hydrogen-bond donors (Lipinski definition) is 1. The largest absolute Gasteiger partial charge is 0.372 e. The van der Waals surface area contributed by atoms with Gasteiger partial charge in [-0.2, -0.15) is 0 Å². The second-order valence-electron chi connectivity index (χ2n) is 5.78. The molecule has 19 heavy (non-hydrogen) atoms. The summed E-state index contributed by atoms with van der Waals surface area (Å²) >= 11 is 0. The Hall–Kier alpha value is -1.02. The number of anilines is 1. The molecule has 1 saturated heterocycles. The van der Waals surface area contributed by atoms with Gasteiger partial charge in [0, 0.05) is 18.8 Å². The topological polar surface area (TPSA) is 29.3 Å². The zero-order valence-electron chi connectivity index (χ0n) is 12.3. The lowest BCUT2D eigenvalue weighted by Gasteiger charge is -2.23. The Bertz CT molecular complexity index is 358. The predicted molar refractivity (Wildman–Crippen MR) is 83.7 cm³/mol. The molecule has 2 N–H and O–H groups in total. The maximum atomic E-state index is 5.60. The molecule has 0 amide bonds. The van der Waals surface area contributed by atoms with Crippen molar-refractivity contribution in [2.75, 3.05) is 24.5 Å². The van der Waals surface area contributed by atoms with Crippen LogP contribution in [0, 0.1) is 5.92 Å². The summed E-state index contributed by atoms with van der Waals surface area (Å²) in [5, 5.41) is 0. The van der Waals surface area contributed by atoms with Gasteiger partial charge in [0.05, 0.1) is 0 Å². The Morgan fingerprint density at radius 1 is 1.16 bits per heavy atom. The summed E-state index contributed by atoms with van der Waals surface area (Å²) in [6.45, 7) is 5.48. The first kappa shape index (κ1) is 14.4. The molecule has 0 radical (unpaired) electrons. The molecule has 1 fully saturated rings. The predicted octanol–water partition coefficient (Wildman–Crippen LogP) is 3.59. The summed E-state index contributed by atoms with van der Waals surface area (Å²) in [6.07, 6.45) is 7.84. The van der Waals surface area contributed by atoms with E-state index in [1.807, 2.05) is 0 Å². The molecule has 1 aromatic carbocycles. The van der Waals surface area contributed by atoms with Gasteiger partial charge >= 0.3 is 0 Å². The fraction of sp³-hybridized carbons (Fsp3) is 0.647. The molecule has 1 aromatic rings. The van der Waals surface area contributed by atoms with Crippen LogP contribution in [-0.2, 0) is 6.42 Å². The first-order valence-corrected chi connectivity index (χ1v) is 7.87. The zero-order valence-corrected chi connectivity index (χ0v) is 12.3. The summed E-state index contributed by atoms with van der Waals surface area (Å²) < 4.78 is 0. The summed E-state index contributed by atoms with van der Waals surface area (Å²) in [7, 11) is 0. The number of nitrogens with two attached hydrogens (primary N) is 1. The molecule has 0 aliphatic carbocycles. The van der Waals surface area contributed by atoms with Crippen molar-refractivity contribution >= 4 is 5.69 Å². The molecule has 0 aromatic heterocycles. The maximum absolute atomic E-state index is 5.60. The van der Waals surface area contributed by atoms with Crippen molar-refractivity contribution in [1.82, 2.24) is 0 Å². The van der Waals surface area contributed by atoms with E-state index < -0.39 is 0 Å². The molecule has 1 aliphatic heterocycles. The van der Waals surface area contributed by atoms with Gasteiger partial charge in [-0.05, 0) is 55.8 Å². The highest BCUT2D eigenvalue weighted by molar-refractivity contribution is 5.47. The van der Waals surface area contributed by atoms with Crippen LogP contribution in [0.25, 0.3) is 0 Å². The van der Waals surface area contributed by atoms with Crippen LogP contribution in [0.1, 0.15) is 44.6 Å². The van der Waals surface area contributed by atoms with Gasteiger partial charge in [0.2, 0.25) is 0 Å². The van der Waals surface area contributed by atoms with Gasteiger partial charge in [-0.3, -0.25) is 0 Å². The van der Waals surface area contributed by atoms with Crippen molar-refractivity contribution in [3.8, 4) is 0 Å². The van der Waals surface area contributed by atoms with E-state index in [-0.39, 0.29) is 0 Å².